The van der Waals surface area contributed by atoms with Gasteiger partial charge in [0.05, 0.1) is 5.54 Å². The number of rotatable bonds is 5. The molecule has 8 heteroatoms. The van der Waals surface area contributed by atoms with Crippen molar-refractivity contribution in [3.63, 3.8) is 0 Å². The Morgan fingerprint density at radius 1 is 1.19 bits per heavy atom. The molecule has 1 aromatic carbocycles. The standard InChI is InChI=1S/C24H32FN5O2/c1-24(2,3)30-21(17-9-10-17)13-20(28-30)22(31)29-11-5-6-16(15-29)14-26-23(32)27-19-8-4-7-18(25)12-19/h4,7-8,12-13,16-17H,5-6,9-11,14-15H2,1-3H3,(H2,26,27,32). The fourth-order valence-electron chi connectivity index (χ4n) is 4.26. The maximum Gasteiger partial charge on any atom is 0.319 e. The van der Waals surface area contributed by atoms with Gasteiger partial charge in [-0.2, -0.15) is 5.10 Å². The molecule has 1 saturated heterocycles. The largest absolute Gasteiger partial charge is 0.338 e. The molecule has 0 bridgehead atoms. The first-order chi connectivity index (χ1) is 15.2. The summed E-state index contributed by atoms with van der Waals surface area (Å²) in [6.07, 6.45) is 4.14. The average molecular weight is 442 g/mol. The molecule has 1 unspecified atom stereocenters. The Hall–Kier alpha value is -2.90. The van der Waals surface area contributed by atoms with E-state index < -0.39 is 5.82 Å². The minimum atomic E-state index is -0.400. The highest BCUT2D eigenvalue weighted by atomic mass is 19.1. The summed E-state index contributed by atoms with van der Waals surface area (Å²) in [4.78, 5) is 27.2. The number of carbonyl (C=O) groups is 2. The van der Waals surface area contributed by atoms with Crippen LogP contribution in [0.1, 0.15) is 68.6 Å². The average Bonchev–Trinajstić information content (AvgIpc) is 3.49. The molecule has 1 atom stereocenters. The number of piperidine rings is 1. The summed E-state index contributed by atoms with van der Waals surface area (Å²) in [6.45, 7) is 8.06. The predicted octanol–water partition coefficient (Wildman–Crippen LogP) is 4.33. The number of halogens is 1. The molecule has 1 saturated carbocycles. The molecule has 1 aliphatic carbocycles. The molecule has 2 N–H and O–H groups in total. The van der Waals surface area contributed by atoms with Crippen LogP contribution in [0.25, 0.3) is 0 Å². The third kappa shape index (κ3) is 5.29. The molecule has 2 fully saturated rings. The Labute approximate surface area is 188 Å². The highest BCUT2D eigenvalue weighted by Gasteiger charge is 2.34. The molecule has 7 nitrogen and oxygen atoms in total. The van der Waals surface area contributed by atoms with Gasteiger partial charge in [0.2, 0.25) is 0 Å². The highest BCUT2D eigenvalue weighted by molar-refractivity contribution is 5.92. The quantitative estimate of drug-likeness (QED) is 0.725. The number of hydrogen-bond acceptors (Lipinski definition) is 3. The Kier molecular flexibility index (Phi) is 6.22. The van der Waals surface area contributed by atoms with Gasteiger partial charge in [-0.1, -0.05) is 6.07 Å². The molecular formula is C24H32FN5O2. The number of urea groups is 1. The number of benzene rings is 1. The number of carbonyl (C=O) groups excluding carboxylic acids is 2. The van der Waals surface area contributed by atoms with Gasteiger partial charge in [-0.3, -0.25) is 9.48 Å². The second kappa shape index (κ2) is 8.92. The molecule has 2 heterocycles. The zero-order valence-corrected chi connectivity index (χ0v) is 19.0. The van der Waals surface area contributed by atoms with E-state index in [1.165, 1.54) is 12.1 Å². The molecule has 0 radical (unpaired) electrons. The molecule has 172 valence electrons. The fraction of sp³-hybridized carbons (Fsp3) is 0.542. The van der Waals surface area contributed by atoms with Crippen molar-refractivity contribution in [2.75, 3.05) is 25.0 Å². The maximum absolute atomic E-state index is 13.3. The number of likely N-dealkylation sites (tertiary alicyclic amines) is 1. The smallest absolute Gasteiger partial charge is 0.319 e. The fourth-order valence-corrected chi connectivity index (χ4v) is 4.26. The Bertz CT molecular complexity index is 993. The normalized spacial score (nSPS) is 19.0. The lowest BCUT2D eigenvalue weighted by molar-refractivity contribution is 0.0667. The summed E-state index contributed by atoms with van der Waals surface area (Å²) >= 11 is 0. The van der Waals surface area contributed by atoms with E-state index >= 15 is 0 Å². The van der Waals surface area contributed by atoms with E-state index in [0.717, 1.165) is 31.4 Å². The predicted molar refractivity (Wildman–Crippen MR) is 121 cm³/mol. The van der Waals surface area contributed by atoms with Crippen LogP contribution in [0.15, 0.2) is 30.3 Å². The van der Waals surface area contributed by atoms with Crippen molar-refractivity contribution >= 4 is 17.6 Å². The van der Waals surface area contributed by atoms with Crippen molar-refractivity contribution in [1.29, 1.82) is 0 Å². The summed E-state index contributed by atoms with van der Waals surface area (Å²) in [5, 5.41) is 10.2. The first-order valence-electron chi connectivity index (χ1n) is 11.4. The van der Waals surface area contributed by atoms with Crippen LogP contribution >= 0.6 is 0 Å². The van der Waals surface area contributed by atoms with E-state index in [0.29, 0.717) is 36.9 Å². The van der Waals surface area contributed by atoms with Crippen molar-refractivity contribution in [2.45, 2.75) is 57.9 Å². The van der Waals surface area contributed by atoms with Gasteiger partial charge in [0.15, 0.2) is 5.69 Å². The SMILES string of the molecule is CC(C)(C)n1nc(C(=O)N2CCCC(CNC(=O)Nc3cccc(F)c3)C2)cc1C1CC1. The van der Waals surface area contributed by atoms with Gasteiger partial charge in [-0.15, -0.1) is 0 Å². The van der Waals surface area contributed by atoms with Crippen LogP contribution < -0.4 is 10.6 Å². The number of amides is 3. The van der Waals surface area contributed by atoms with E-state index in [2.05, 4.69) is 36.5 Å². The van der Waals surface area contributed by atoms with Gasteiger partial charge >= 0.3 is 6.03 Å². The highest BCUT2D eigenvalue weighted by Crippen LogP contribution is 2.41. The molecule has 3 amide bonds. The van der Waals surface area contributed by atoms with Crippen LogP contribution in [0.3, 0.4) is 0 Å². The molecule has 1 aliphatic heterocycles. The van der Waals surface area contributed by atoms with Crippen molar-refractivity contribution in [3.05, 3.63) is 47.5 Å². The molecule has 2 aliphatic rings. The lowest BCUT2D eigenvalue weighted by atomic mass is 9.97. The summed E-state index contributed by atoms with van der Waals surface area (Å²) in [7, 11) is 0. The Morgan fingerprint density at radius 3 is 2.66 bits per heavy atom. The second-order valence-electron chi connectivity index (χ2n) is 9.92. The van der Waals surface area contributed by atoms with Crippen molar-refractivity contribution in [2.24, 2.45) is 5.92 Å². The van der Waals surface area contributed by atoms with Crippen LogP contribution in [0.5, 0.6) is 0 Å². The Morgan fingerprint density at radius 2 is 1.97 bits per heavy atom. The monoisotopic (exact) mass is 441 g/mol. The summed E-state index contributed by atoms with van der Waals surface area (Å²) < 4.78 is 15.3. The molecule has 1 aromatic heterocycles. The first-order valence-corrected chi connectivity index (χ1v) is 11.4. The zero-order valence-electron chi connectivity index (χ0n) is 19.0. The first kappa shape index (κ1) is 22.3. The van der Waals surface area contributed by atoms with E-state index in [1.54, 1.807) is 12.1 Å². The lowest BCUT2D eigenvalue weighted by Gasteiger charge is -2.32. The van der Waals surface area contributed by atoms with Crippen molar-refractivity contribution in [1.82, 2.24) is 20.0 Å². The third-order valence-corrected chi connectivity index (χ3v) is 6.03. The lowest BCUT2D eigenvalue weighted by Crippen LogP contribution is -2.44. The minimum Gasteiger partial charge on any atom is -0.338 e. The van der Waals surface area contributed by atoms with E-state index in [4.69, 9.17) is 0 Å². The Balaban J connectivity index is 1.34. The second-order valence-corrected chi connectivity index (χ2v) is 9.92. The number of anilines is 1. The van der Waals surface area contributed by atoms with Gasteiger partial charge in [0.1, 0.15) is 5.82 Å². The van der Waals surface area contributed by atoms with Crippen molar-refractivity contribution < 1.29 is 14.0 Å². The molecular weight excluding hydrogens is 409 g/mol. The molecule has 0 spiro atoms. The van der Waals surface area contributed by atoms with Crippen LogP contribution in [0, 0.1) is 11.7 Å². The van der Waals surface area contributed by atoms with Crippen LogP contribution in [-0.4, -0.2) is 46.3 Å². The minimum absolute atomic E-state index is 0.0381. The van der Waals surface area contributed by atoms with Gasteiger partial charge in [0, 0.05) is 36.9 Å². The van der Waals surface area contributed by atoms with Crippen LogP contribution in [0.2, 0.25) is 0 Å². The third-order valence-electron chi connectivity index (χ3n) is 6.03. The van der Waals surface area contributed by atoms with E-state index in [1.807, 2.05) is 15.6 Å². The molecule has 2 aromatic rings. The molecule has 4 rings (SSSR count). The molecule has 32 heavy (non-hydrogen) atoms. The van der Waals surface area contributed by atoms with Gasteiger partial charge < -0.3 is 15.5 Å². The maximum atomic E-state index is 13.3. The number of aromatic nitrogens is 2. The van der Waals surface area contributed by atoms with Gasteiger partial charge in [-0.25, -0.2) is 9.18 Å². The van der Waals surface area contributed by atoms with Crippen LogP contribution in [0.4, 0.5) is 14.9 Å². The number of nitrogens with one attached hydrogen (secondary N) is 2. The van der Waals surface area contributed by atoms with Crippen molar-refractivity contribution in [3.8, 4) is 0 Å². The summed E-state index contributed by atoms with van der Waals surface area (Å²) in [6, 6.07) is 7.38. The van der Waals surface area contributed by atoms with E-state index in [-0.39, 0.29) is 23.4 Å². The summed E-state index contributed by atoms with van der Waals surface area (Å²) in [5.74, 6) is 0.239. The summed E-state index contributed by atoms with van der Waals surface area (Å²) in [5.41, 5.74) is 1.91. The number of hydrogen-bond donors (Lipinski definition) is 2. The van der Waals surface area contributed by atoms with E-state index in [9.17, 15) is 14.0 Å². The van der Waals surface area contributed by atoms with Gasteiger partial charge in [-0.05, 0) is 76.6 Å². The topological polar surface area (TPSA) is 79.3 Å². The zero-order chi connectivity index (χ0) is 22.9. The van der Waals surface area contributed by atoms with Crippen LogP contribution in [-0.2, 0) is 5.54 Å². The van der Waals surface area contributed by atoms with Gasteiger partial charge in [0.25, 0.3) is 5.91 Å². The number of nitrogens with zero attached hydrogens (tertiary/aromatic N) is 3.